The topological polar surface area (TPSA) is 37.8 Å². The van der Waals surface area contributed by atoms with E-state index in [0.717, 1.165) is 35.0 Å². The summed E-state index contributed by atoms with van der Waals surface area (Å²) in [5.74, 6) is 0. The Balaban J connectivity index is 2.18. The molecule has 0 bridgehead atoms. The predicted octanol–water partition coefficient (Wildman–Crippen LogP) is 3.96. The Labute approximate surface area is 119 Å². The highest BCUT2D eigenvalue weighted by Crippen LogP contribution is 2.28. The van der Waals surface area contributed by atoms with Crippen LogP contribution in [0.2, 0.25) is 0 Å². The maximum atomic E-state index is 4.35. The fourth-order valence-corrected chi connectivity index (χ4v) is 2.99. The lowest BCUT2D eigenvalue weighted by Crippen LogP contribution is -2.21. The van der Waals surface area contributed by atoms with E-state index >= 15 is 0 Å². The third-order valence-corrected chi connectivity index (χ3v) is 4.14. The summed E-state index contributed by atoms with van der Waals surface area (Å²) in [6.45, 7) is 7.49. The lowest BCUT2D eigenvalue weighted by Gasteiger charge is -2.12. The van der Waals surface area contributed by atoms with E-state index in [1.54, 1.807) is 11.3 Å². The zero-order valence-corrected chi connectivity index (χ0v) is 12.6. The summed E-state index contributed by atoms with van der Waals surface area (Å²) in [6, 6.07) is 8.75. The van der Waals surface area contributed by atoms with Gasteiger partial charge >= 0.3 is 0 Å². The number of benzene rings is 1. The monoisotopic (exact) mass is 275 g/mol. The van der Waals surface area contributed by atoms with Gasteiger partial charge < -0.3 is 5.32 Å². The molecule has 19 heavy (non-hydrogen) atoms. The molecule has 0 saturated heterocycles. The lowest BCUT2D eigenvalue weighted by molar-refractivity contribution is 0.513. The summed E-state index contributed by atoms with van der Waals surface area (Å²) in [5.41, 5.74) is 2.42. The van der Waals surface area contributed by atoms with Crippen LogP contribution in [0.15, 0.2) is 24.3 Å². The molecule has 1 N–H and O–H groups in total. The van der Waals surface area contributed by atoms with Gasteiger partial charge in [-0.1, -0.05) is 48.9 Å². The Morgan fingerprint density at radius 1 is 1.26 bits per heavy atom. The van der Waals surface area contributed by atoms with Gasteiger partial charge in [0, 0.05) is 5.56 Å². The van der Waals surface area contributed by atoms with Gasteiger partial charge in [0.2, 0.25) is 0 Å². The molecule has 1 heterocycles. The molecule has 4 heteroatoms. The van der Waals surface area contributed by atoms with Crippen LogP contribution in [-0.4, -0.2) is 16.7 Å². The predicted molar refractivity (Wildman–Crippen MR) is 81.4 cm³/mol. The molecule has 1 atom stereocenters. The number of hydrogen-bond donors (Lipinski definition) is 1. The molecule has 1 aromatic heterocycles. The van der Waals surface area contributed by atoms with Crippen LogP contribution in [0, 0.1) is 6.92 Å². The first kappa shape index (κ1) is 14.2. The molecular weight excluding hydrogens is 254 g/mol. The fourth-order valence-electron chi connectivity index (χ4n) is 1.99. The highest BCUT2D eigenvalue weighted by atomic mass is 32.1. The highest BCUT2D eigenvalue weighted by Gasteiger charge is 2.14. The van der Waals surface area contributed by atoms with Crippen molar-refractivity contribution >= 4 is 11.3 Å². The summed E-state index contributed by atoms with van der Waals surface area (Å²) in [6.07, 6.45) is 2.18. The fraction of sp³-hybridized carbons (Fsp3) is 0.467. The molecule has 3 nitrogen and oxygen atoms in total. The molecule has 0 amide bonds. The Morgan fingerprint density at radius 2 is 2.11 bits per heavy atom. The first-order valence-corrected chi connectivity index (χ1v) is 7.70. The van der Waals surface area contributed by atoms with Crippen molar-refractivity contribution in [1.29, 1.82) is 0 Å². The van der Waals surface area contributed by atoms with Gasteiger partial charge in [-0.3, -0.25) is 0 Å². The normalized spacial score (nSPS) is 12.6. The second-order valence-corrected chi connectivity index (χ2v) is 5.74. The maximum absolute atomic E-state index is 4.35. The van der Waals surface area contributed by atoms with Crippen molar-refractivity contribution in [3.05, 3.63) is 34.8 Å². The lowest BCUT2D eigenvalue weighted by atomic mass is 10.1. The summed E-state index contributed by atoms with van der Waals surface area (Å²) < 4.78 is 0. The van der Waals surface area contributed by atoms with Gasteiger partial charge in [0.1, 0.15) is 10.0 Å². The Bertz CT molecular complexity index is 522. The zero-order valence-electron chi connectivity index (χ0n) is 11.8. The number of aryl methyl sites for hydroxylation is 1. The van der Waals surface area contributed by atoms with Crippen LogP contribution in [-0.2, 0) is 0 Å². The number of aromatic nitrogens is 2. The summed E-state index contributed by atoms with van der Waals surface area (Å²) >= 11 is 1.69. The number of nitrogens with zero attached hydrogens (tertiary/aromatic N) is 2. The molecule has 0 aliphatic heterocycles. The second-order valence-electron chi connectivity index (χ2n) is 4.73. The minimum Gasteiger partial charge on any atom is -0.308 e. The smallest absolute Gasteiger partial charge is 0.147 e. The van der Waals surface area contributed by atoms with Crippen LogP contribution in [0.1, 0.15) is 43.3 Å². The largest absolute Gasteiger partial charge is 0.308 e. The van der Waals surface area contributed by atoms with Crippen LogP contribution in [0.3, 0.4) is 0 Å². The van der Waals surface area contributed by atoms with Crippen molar-refractivity contribution in [2.45, 2.75) is 39.7 Å². The number of nitrogens with one attached hydrogen (secondary N) is 1. The quantitative estimate of drug-likeness (QED) is 0.867. The molecule has 2 aromatic rings. The maximum Gasteiger partial charge on any atom is 0.147 e. The van der Waals surface area contributed by atoms with Gasteiger partial charge in [-0.15, -0.1) is 10.2 Å². The molecule has 0 aliphatic carbocycles. The Hall–Kier alpha value is -1.26. The van der Waals surface area contributed by atoms with Gasteiger partial charge in [-0.2, -0.15) is 0 Å². The van der Waals surface area contributed by atoms with Crippen molar-refractivity contribution in [1.82, 2.24) is 15.5 Å². The number of rotatable bonds is 6. The van der Waals surface area contributed by atoms with Gasteiger partial charge in [0.15, 0.2) is 0 Å². The van der Waals surface area contributed by atoms with E-state index in [0.29, 0.717) is 6.04 Å². The van der Waals surface area contributed by atoms with Crippen LogP contribution >= 0.6 is 11.3 Å². The third kappa shape index (κ3) is 3.61. The molecule has 0 radical (unpaired) electrons. The minimum atomic E-state index is 0.330. The summed E-state index contributed by atoms with van der Waals surface area (Å²) in [7, 11) is 0. The third-order valence-electron chi connectivity index (χ3n) is 3.05. The molecule has 0 spiro atoms. The van der Waals surface area contributed by atoms with Gasteiger partial charge in [0.25, 0.3) is 0 Å². The minimum absolute atomic E-state index is 0.330. The van der Waals surface area contributed by atoms with Crippen LogP contribution in [0.4, 0.5) is 0 Å². The van der Waals surface area contributed by atoms with E-state index in [9.17, 15) is 0 Å². The molecular formula is C15H21N3S. The Morgan fingerprint density at radius 3 is 2.79 bits per heavy atom. The molecule has 0 saturated carbocycles. The number of hydrogen-bond acceptors (Lipinski definition) is 4. The average Bonchev–Trinajstić information content (AvgIpc) is 2.89. The van der Waals surface area contributed by atoms with E-state index in [4.69, 9.17) is 0 Å². The molecule has 1 aromatic carbocycles. The standard InChI is InChI=1S/C15H21N3S/c1-4-9-16-13(5-2)15-18-17-14(19-15)12-8-6-7-11(3)10-12/h6-8,10,13,16H,4-5,9H2,1-3H3. The molecule has 0 aliphatic rings. The van der Waals surface area contributed by atoms with Crippen molar-refractivity contribution in [3.63, 3.8) is 0 Å². The van der Waals surface area contributed by atoms with Crippen LogP contribution in [0.5, 0.6) is 0 Å². The first-order valence-electron chi connectivity index (χ1n) is 6.88. The average molecular weight is 275 g/mol. The SMILES string of the molecule is CCCNC(CC)c1nnc(-c2cccc(C)c2)s1. The second kappa shape index (κ2) is 6.78. The van der Waals surface area contributed by atoms with Gasteiger partial charge in [-0.25, -0.2) is 0 Å². The molecule has 2 rings (SSSR count). The van der Waals surface area contributed by atoms with E-state index in [2.05, 4.69) is 60.6 Å². The zero-order chi connectivity index (χ0) is 13.7. The molecule has 0 fully saturated rings. The molecule has 1 unspecified atom stereocenters. The summed E-state index contributed by atoms with van der Waals surface area (Å²) in [4.78, 5) is 0. The molecule has 102 valence electrons. The van der Waals surface area contributed by atoms with Crippen molar-refractivity contribution in [2.24, 2.45) is 0 Å². The van der Waals surface area contributed by atoms with Gasteiger partial charge in [-0.05, 0) is 32.4 Å². The van der Waals surface area contributed by atoms with E-state index in [1.165, 1.54) is 5.56 Å². The van der Waals surface area contributed by atoms with Crippen molar-refractivity contribution in [2.75, 3.05) is 6.54 Å². The van der Waals surface area contributed by atoms with Gasteiger partial charge in [0.05, 0.1) is 6.04 Å². The Kier molecular flexibility index (Phi) is 5.05. The van der Waals surface area contributed by atoms with Crippen molar-refractivity contribution < 1.29 is 0 Å². The van der Waals surface area contributed by atoms with Crippen LogP contribution < -0.4 is 5.32 Å². The van der Waals surface area contributed by atoms with E-state index in [1.807, 2.05) is 0 Å². The first-order chi connectivity index (χ1) is 9.24. The summed E-state index contributed by atoms with van der Waals surface area (Å²) in [5, 5.41) is 14.3. The van der Waals surface area contributed by atoms with Crippen molar-refractivity contribution in [3.8, 4) is 10.6 Å². The highest BCUT2D eigenvalue weighted by molar-refractivity contribution is 7.14. The van der Waals surface area contributed by atoms with E-state index < -0.39 is 0 Å². The van der Waals surface area contributed by atoms with E-state index in [-0.39, 0.29) is 0 Å². The van der Waals surface area contributed by atoms with Crippen LogP contribution in [0.25, 0.3) is 10.6 Å².